The second kappa shape index (κ2) is 5.35. The number of rotatable bonds is 4. The van der Waals surface area contributed by atoms with E-state index >= 15 is 0 Å². The normalized spacial score (nSPS) is 19.7. The van der Waals surface area contributed by atoms with E-state index in [4.69, 9.17) is 0 Å². The highest BCUT2D eigenvalue weighted by Gasteiger charge is 2.32. The van der Waals surface area contributed by atoms with Gasteiger partial charge in [0.15, 0.2) is 0 Å². The average Bonchev–Trinajstić information content (AvgIpc) is 2.38. The standard InChI is InChI=1S/C15H20F2O/c1-3-4-11-5-6-13-10-14(15(16,17)18-2)8-7-12(13)9-11/h7-8,10-11H,3-6,9H2,1-2H3. The Morgan fingerprint density at radius 1 is 1.33 bits per heavy atom. The molecule has 1 aliphatic rings. The Morgan fingerprint density at radius 3 is 2.78 bits per heavy atom. The maximum absolute atomic E-state index is 13.4. The number of fused-ring (bicyclic) bond motifs is 1. The lowest BCUT2D eigenvalue weighted by atomic mass is 9.81. The molecule has 100 valence electrons. The van der Waals surface area contributed by atoms with Crippen molar-refractivity contribution in [1.82, 2.24) is 0 Å². The lowest BCUT2D eigenvalue weighted by Gasteiger charge is -2.25. The van der Waals surface area contributed by atoms with E-state index in [1.165, 1.54) is 24.5 Å². The third-order valence-electron chi connectivity index (χ3n) is 3.83. The van der Waals surface area contributed by atoms with Gasteiger partial charge in [-0.25, -0.2) is 0 Å². The molecule has 3 heteroatoms. The van der Waals surface area contributed by atoms with Crippen molar-refractivity contribution in [2.45, 2.75) is 45.1 Å². The van der Waals surface area contributed by atoms with Gasteiger partial charge in [-0.15, -0.1) is 0 Å². The summed E-state index contributed by atoms with van der Waals surface area (Å²) in [6.45, 7) is 2.19. The first-order chi connectivity index (χ1) is 8.56. The van der Waals surface area contributed by atoms with Gasteiger partial charge in [0.25, 0.3) is 0 Å². The van der Waals surface area contributed by atoms with Crippen molar-refractivity contribution < 1.29 is 13.5 Å². The van der Waals surface area contributed by atoms with Crippen molar-refractivity contribution in [2.75, 3.05) is 7.11 Å². The zero-order chi connectivity index (χ0) is 13.2. The minimum atomic E-state index is -3.17. The van der Waals surface area contributed by atoms with Crippen LogP contribution in [0, 0.1) is 5.92 Å². The van der Waals surface area contributed by atoms with Crippen LogP contribution >= 0.6 is 0 Å². The van der Waals surface area contributed by atoms with Crippen molar-refractivity contribution in [2.24, 2.45) is 5.92 Å². The van der Waals surface area contributed by atoms with Gasteiger partial charge in [0.05, 0.1) is 5.56 Å². The lowest BCUT2D eigenvalue weighted by molar-refractivity contribution is -0.231. The number of benzene rings is 1. The first-order valence-electron chi connectivity index (χ1n) is 6.62. The smallest absolute Gasteiger partial charge is 0.320 e. The summed E-state index contributed by atoms with van der Waals surface area (Å²) in [5, 5.41) is 0. The van der Waals surface area contributed by atoms with Crippen LogP contribution in [0.5, 0.6) is 0 Å². The van der Waals surface area contributed by atoms with E-state index in [0.29, 0.717) is 0 Å². The fourth-order valence-corrected chi connectivity index (χ4v) is 2.78. The van der Waals surface area contributed by atoms with Crippen LogP contribution in [0.1, 0.15) is 42.9 Å². The molecule has 0 spiro atoms. The number of alkyl halides is 2. The maximum Gasteiger partial charge on any atom is 0.383 e. The monoisotopic (exact) mass is 254 g/mol. The van der Waals surface area contributed by atoms with E-state index in [1.54, 1.807) is 6.07 Å². The molecule has 0 N–H and O–H groups in total. The zero-order valence-corrected chi connectivity index (χ0v) is 11.0. The highest BCUT2D eigenvalue weighted by atomic mass is 19.3. The van der Waals surface area contributed by atoms with Crippen LogP contribution in [0.3, 0.4) is 0 Å². The molecule has 1 nitrogen and oxygen atoms in total. The van der Waals surface area contributed by atoms with E-state index in [0.717, 1.165) is 37.9 Å². The zero-order valence-electron chi connectivity index (χ0n) is 11.0. The van der Waals surface area contributed by atoms with Gasteiger partial charge in [-0.05, 0) is 42.4 Å². The molecule has 1 aromatic carbocycles. The number of halogens is 2. The van der Waals surface area contributed by atoms with Crippen molar-refractivity contribution in [3.05, 3.63) is 34.9 Å². The number of hydrogen-bond acceptors (Lipinski definition) is 1. The molecule has 0 saturated carbocycles. The molecule has 1 aromatic rings. The van der Waals surface area contributed by atoms with Crippen LogP contribution in [0.4, 0.5) is 8.78 Å². The second-order valence-corrected chi connectivity index (χ2v) is 5.10. The van der Waals surface area contributed by atoms with Crippen LogP contribution in [-0.2, 0) is 23.7 Å². The third-order valence-corrected chi connectivity index (χ3v) is 3.83. The van der Waals surface area contributed by atoms with E-state index in [-0.39, 0.29) is 5.56 Å². The Hall–Kier alpha value is -0.960. The minimum absolute atomic E-state index is 0.0299. The Labute approximate surface area is 107 Å². The van der Waals surface area contributed by atoms with Crippen molar-refractivity contribution >= 4 is 0 Å². The second-order valence-electron chi connectivity index (χ2n) is 5.10. The molecule has 1 aliphatic carbocycles. The molecule has 0 radical (unpaired) electrons. The molecular weight excluding hydrogens is 234 g/mol. The van der Waals surface area contributed by atoms with Crippen LogP contribution in [0.25, 0.3) is 0 Å². The fraction of sp³-hybridized carbons (Fsp3) is 0.600. The maximum atomic E-state index is 13.4. The molecule has 0 amide bonds. The molecule has 2 rings (SSSR count). The number of ether oxygens (including phenoxy) is 1. The van der Waals surface area contributed by atoms with Gasteiger partial charge in [0.1, 0.15) is 0 Å². The van der Waals surface area contributed by atoms with Crippen LogP contribution < -0.4 is 0 Å². The average molecular weight is 254 g/mol. The van der Waals surface area contributed by atoms with Gasteiger partial charge in [0.2, 0.25) is 0 Å². The first-order valence-corrected chi connectivity index (χ1v) is 6.62. The molecule has 1 atom stereocenters. The van der Waals surface area contributed by atoms with E-state index in [9.17, 15) is 8.78 Å². The summed E-state index contributed by atoms with van der Waals surface area (Å²) in [4.78, 5) is 0. The summed E-state index contributed by atoms with van der Waals surface area (Å²) in [7, 11) is 1.04. The summed E-state index contributed by atoms with van der Waals surface area (Å²) >= 11 is 0. The van der Waals surface area contributed by atoms with Gasteiger partial charge in [0, 0.05) is 7.11 Å². The highest BCUT2D eigenvalue weighted by molar-refractivity contribution is 5.35. The Bertz CT molecular complexity index is 415. The predicted octanol–water partition coefficient (Wildman–Crippen LogP) is 4.29. The Balaban J connectivity index is 2.20. The van der Waals surface area contributed by atoms with Crippen LogP contribution in [-0.4, -0.2) is 7.11 Å². The van der Waals surface area contributed by atoms with E-state index in [2.05, 4.69) is 11.7 Å². The van der Waals surface area contributed by atoms with Gasteiger partial charge in [-0.2, -0.15) is 8.78 Å². The summed E-state index contributed by atoms with van der Waals surface area (Å²) < 4.78 is 31.1. The Morgan fingerprint density at radius 2 is 2.11 bits per heavy atom. The van der Waals surface area contributed by atoms with Gasteiger partial charge in [-0.3, -0.25) is 0 Å². The van der Waals surface area contributed by atoms with Crippen molar-refractivity contribution in [3.63, 3.8) is 0 Å². The molecule has 18 heavy (non-hydrogen) atoms. The third kappa shape index (κ3) is 2.72. The van der Waals surface area contributed by atoms with Gasteiger partial charge >= 0.3 is 6.11 Å². The minimum Gasteiger partial charge on any atom is -0.320 e. The fourth-order valence-electron chi connectivity index (χ4n) is 2.78. The first kappa shape index (κ1) is 13.5. The molecule has 1 unspecified atom stereocenters. The summed E-state index contributed by atoms with van der Waals surface area (Å²) in [5.41, 5.74) is 2.27. The lowest BCUT2D eigenvalue weighted by Crippen LogP contribution is -2.19. The molecule has 0 bridgehead atoms. The number of methoxy groups -OCH3 is 1. The topological polar surface area (TPSA) is 9.23 Å². The summed E-state index contributed by atoms with van der Waals surface area (Å²) in [5.74, 6) is 0.719. The largest absolute Gasteiger partial charge is 0.383 e. The SMILES string of the molecule is CCCC1CCc2cc(C(F)(F)OC)ccc2C1. The molecule has 0 heterocycles. The number of aryl methyl sites for hydroxylation is 1. The molecule has 0 aliphatic heterocycles. The predicted molar refractivity (Wildman–Crippen MR) is 67.8 cm³/mol. The van der Waals surface area contributed by atoms with Crippen molar-refractivity contribution in [1.29, 1.82) is 0 Å². The van der Waals surface area contributed by atoms with Crippen LogP contribution in [0.2, 0.25) is 0 Å². The Kier molecular flexibility index (Phi) is 4.00. The summed E-state index contributed by atoms with van der Waals surface area (Å²) in [6.07, 6.45) is 2.31. The van der Waals surface area contributed by atoms with E-state index in [1.807, 2.05) is 6.07 Å². The van der Waals surface area contributed by atoms with Gasteiger partial charge < -0.3 is 4.74 Å². The number of hydrogen-bond donors (Lipinski definition) is 0. The highest BCUT2D eigenvalue weighted by Crippen LogP contribution is 2.34. The summed E-state index contributed by atoms with van der Waals surface area (Å²) in [6, 6.07) is 4.96. The van der Waals surface area contributed by atoms with Crippen molar-refractivity contribution in [3.8, 4) is 0 Å². The van der Waals surface area contributed by atoms with E-state index < -0.39 is 6.11 Å². The molecule has 0 saturated heterocycles. The quantitative estimate of drug-likeness (QED) is 0.779. The van der Waals surface area contributed by atoms with Gasteiger partial charge in [-0.1, -0.05) is 31.9 Å². The molecule has 0 aromatic heterocycles. The molecular formula is C15H20F2O. The van der Waals surface area contributed by atoms with Crippen LogP contribution in [0.15, 0.2) is 18.2 Å². The molecule has 0 fully saturated rings.